The van der Waals surface area contributed by atoms with Crippen molar-refractivity contribution in [2.75, 3.05) is 19.7 Å². The number of hydrogen-bond donors (Lipinski definition) is 1. The number of carbonyl (C=O) groups is 3. The lowest BCUT2D eigenvalue weighted by Gasteiger charge is -2.31. The fourth-order valence-corrected chi connectivity index (χ4v) is 3.12. The van der Waals surface area contributed by atoms with Crippen LogP contribution in [0.15, 0.2) is 12.1 Å². The number of likely N-dealkylation sites (tertiary alicyclic amines) is 1. The summed E-state index contributed by atoms with van der Waals surface area (Å²) in [5, 5.41) is 0.196. The van der Waals surface area contributed by atoms with Gasteiger partial charge in [0.2, 0.25) is 5.91 Å². The number of primary amides is 1. The fraction of sp³-hybridized carbons (Fsp3) is 0.400. The number of ether oxygens (including phenoxy) is 1. The normalized spacial score (nSPS) is 17.5. The van der Waals surface area contributed by atoms with Gasteiger partial charge in [-0.15, -0.1) is 0 Å². The highest BCUT2D eigenvalue weighted by molar-refractivity contribution is 6.46. The van der Waals surface area contributed by atoms with E-state index in [2.05, 4.69) is 0 Å². The average molecular weight is 394 g/mol. The second kappa shape index (κ2) is 8.05. The van der Waals surface area contributed by atoms with Gasteiger partial charge in [0.1, 0.15) is 0 Å². The van der Waals surface area contributed by atoms with Crippen molar-refractivity contribution in [3.8, 4) is 0 Å². The van der Waals surface area contributed by atoms with Crippen molar-refractivity contribution < 1.29 is 19.1 Å². The highest BCUT2D eigenvalue weighted by Crippen LogP contribution is 2.31. The molecule has 2 rings (SSSR count). The van der Waals surface area contributed by atoms with Gasteiger partial charge in [0.25, 0.3) is 5.91 Å². The van der Waals surface area contributed by atoms with Crippen LogP contribution in [0.4, 0.5) is 0 Å². The number of benzene rings is 1. The Morgan fingerprint density at radius 3 is 2.54 bits per heavy atom. The lowest BCUT2D eigenvalue weighted by Crippen LogP contribution is -2.45. The maximum atomic E-state index is 12.1. The van der Waals surface area contributed by atoms with Crippen LogP contribution in [0.2, 0.25) is 15.1 Å². The van der Waals surface area contributed by atoms with Crippen LogP contribution in [0.1, 0.15) is 23.2 Å². The molecule has 9 heteroatoms. The van der Waals surface area contributed by atoms with E-state index >= 15 is 0 Å². The molecular weight excluding hydrogens is 379 g/mol. The third kappa shape index (κ3) is 4.32. The van der Waals surface area contributed by atoms with Gasteiger partial charge in [-0.25, -0.2) is 4.79 Å². The maximum absolute atomic E-state index is 12.1. The summed E-state index contributed by atoms with van der Waals surface area (Å²) in [6.07, 6.45) is 1.31. The largest absolute Gasteiger partial charge is 0.452 e. The molecule has 24 heavy (non-hydrogen) atoms. The van der Waals surface area contributed by atoms with Gasteiger partial charge in [0.05, 0.1) is 26.5 Å². The van der Waals surface area contributed by atoms with Crippen LogP contribution >= 0.6 is 34.8 Å². The lowest BCUT2D eigenvalue weighted by molar-refractivity contribution is -0.137. The second-order valence-electron chi connectivity index (χ2n) is 5.38. The number of esters is 1. The highest BCUT2D eigenvalue weighted by atomic mass is 35.5. The van der Waals surface area contributed by atoms with Crippen LogP contribution < -0.4 is 5.73 Å². The van der Waals surface area contributed by atoms with Crippen molar-refractivity contribution in [3.63, 3.8) is 0 Å². The first kappa shape index (κ1) is 18.8. The molecule has 0 aliphatic carbocycles. The van der Waals surface area contributed by atoms with Gasteiger partial charge >= 0.3 is 5.97 Å². The number of nitrogens with two attached hydrogens (primary N) is 1. The summed E-state index contributed by atoms with van der Waals surface area (Å²) >= 11 is 17.7. The number of hydrogen-bond acceptors (Lipinski definition) is 4. The van der Waals surface area contributed by atoms with E-state index in [1.807, 2.05) is 0 Å². The molecule has 6 nitrogen and oxygen atoms in total. The lowest BCUT2D eigenvalue weighted by atomic mass is 9.97. The summed E-state index contributed by atoms with van der Waals surface area (Å²) in [5.74, 6) is -2.08. The monoisotopic (exact) mass is 392 g/mol. The molecule has 0 unspecified atom stereocenters. The molecule has 2 N–H and O–H groups in total. The van der Waals surface area contributed by atoms with Gasteiger partial charge in [-0.2, -0.15) is 0 Å². The molecule has 2 amide bonds. The van der Waals surface area contributed by atoms with E-state index in [-0.39, 0.29) is 33.1 Å². The van der Waals surface area contributed by atoms with Gasteiger partial charge in [-0.3, -0.25) is 9.59 Å². The van der Waals surface area contributed by atoms with Gasteiger partial charge in [0, 0.05) is 13.1 Å². The number of piperidine rings is 1. The van der Waals surface area contributed by atoms with Gasteiger partial charge in [-0.1, -0.05) is 34.8 Å². The Labute approximate surface area is 153 Å². The van der Waals surface area contributed by atoms with Crippen molar-refractivity contribution in [2.45, 2.75) is 12.8 Å². The molecule has 1 aromatic rings. The van der Waals surface area contributed by atoms with Crippen molar-refractivity contribution in [1.82, 2.24) is 4.90 Å². The molecule has 1 heterocycles. The molecule has 0 aromatic heterocycles. The molecule has 1 aliphatic heterocycles. The quantitative estimate of drug-likeness (QED) is 0.629. The van der Waals surface area contributed by atoms with E-state index < -0.39 is 24.4 Å². The first-order chi connectivity index (χ1) is 11.3. The molecule has 1 aliphatic rings. The standard InChI is InChI=1S/C15H15Cl3N2O4/c16-9-3-4-10(17)13(18)12(9)15(23)24-7-11(21)20-5-1-2-8(6-20)14(19)22/h3-4,8H,1-2,5-7H2,(H2,19,22)/t8-/m0/s1. The summed E-state index contributed by atoms with van der Waals surface area (Å²) in [4.78, 5) is 36.9. The highest BCUT2D eigenvalue weighted by Gasteiger charge is 2.28. The zero-order valence-electron chi connectivity index (χ0n) is 12.6. The van der Waals surface area contributed by atoms with Crippen LogP contribution in [0, 0.1) is 5.92 Å². The molecule has 1 atom stereocenters. The Morgan fingerprint density at radius 1 is 1.21 bits per heavy atom. The van der Waals surface area contributed by atoms with Crippen molar-refractivity contribution >= 4 is 52.6 Å². The number of amides is 2. The van der Waals surface area contributed by atoms with E-state index in [0.717, 1.165) is 0 Å². The first-order valence-corrected chi connectivity index (χ1v) is 8.32. The summed E-state index contributed by atoms with van der Waals surface area (Å²) in [6.45, 7) is 0.229. The van der Waals surface area contributed by atoms with Crippen molar-refractivity contribution in [3.05, 3.63) is 32.8 Å². The predicted molar refractivity (Wildman–Crippen MR) is 90.3 cm³/mol. The van der Waals surface area contributed by atoms with Crippen molar-refractivity contribution in [2.24, 2.45) is 11.7 Å². The fourth-order valence-electron chi connectivity index (χ4n) is 2.44. The van der Waals surface area contributed by atoms with Crippen LogP contribution in [-0.2, 0) is 14.3 Å². The molecular formula is C15H15Cl3N2O4. The molecule has 0 radical (unpaired) electrons. The summed E-state index contributed by atoms with van der Waals surface area (Å²) < 4.78 is 4.98. The molecule has 1 fully saturated rings. The van der Waals surface area contributed by atoms with Crippen LogP contribution in [-0.4, -0.2) is 42.4 Å². The summed E-state index contributed by atoms with van der Waals surface area (Å²) in [6, 6.07) is 2.86. The Morgan fingerprint density at radius 2 is 1.88 bits per heavy atom. The van der Waals surface area contributed by atoms with Crippen LogP contribution in [0.5, 0.6) is 0 Å². The van der Waals surface area contributed by atoms with Gasteiger partial charge < -0.3 is 15.4 Å². The van der Waals surface area contributed by atoms with E-state index in [1.165, 1.54) is 17.0 Å². The molecule has 130 valence electrons. The smallest absolute Gasteiger partial charge is 0.341 e. The maximum Gasteiger partial charge on any atom is 0.341 e. The SMILES string of the molecule is NC(=O)[C@H]1CCCN(C(=O)COC(=O)c2c(Cl)ccc(Cl)c2Cl)C1. The Bertz CT molecular complexity index is 681. The number of nitrogens with zero attached hydrogens (tertiary/aromatic N) is 1. The minimum absolute atomic E-state index is 0.0339. The van der Waals surface area contributed by atoms with E-state index in [9.17, 15) is 14.4 Å². The summed E-state index contributed by atoms with van der Waals surface area (Å²) in [7, 11) is 0. The molecule has 1 saturated heterocycles. The van der Waals surface area contributed by atoms with Gasteiger partial charge in [0.15, 0.2) is 6.61 Å². The number of carbonyl (C=O) groups excluding carboxylic acids is 3. The minimum Gasteiger partial charge on any atom is -0.452 e. The first-order valence-electron chi connectivity index (χ1n) is 7.19. The third-order valence-corrected chi connectivity index (χ3v) is 4.87. The summed E-state index contributed by atoms with van der Waals surface area (Å²) in [5.41, 5.74) is 5.18. The van der Waals surface area contributed by atoms with E-state index in [1.54, 1.807) is 0 Å². The third-order valence-electron chi connectivity index (χ3n) is 3.75. The average Bonchev–Trinajstić information content (AvgIpc) is 2.56. The minimum atomic E-state index is -0.843. The van der Waals surface area contributed by atoms with Gasteiger partial charge in [-0.05, 0) is 25.0 Å². The zero-order chi connectivity index (χ0) is 17.9. The Kier molecular flexibility index (Phi) is 6.32. The second-order valence-corrected chi connectivity index (χ2v) is 6.57. The van der Waals surface area contributed by atoms with E-state index in [0.29, 0.717) is 19.4 Å². The molecule has 0 spiro atoms. The molecule has 0 bridgehead atoms. The van der Waals surface area contributed by atoms with Crippen LogP contribution in [0.25, 0.3) is 0 Å². The zero-order valence-corrected chi connectivity index (χ0v) is 14.8. The van der Waals surface area contributed by atoms with E-state index in [4.69, 9.17) is 45.3 Å². The Balaban J connectivity index is 1.98. The molecule has 0 saturated carbocycles. The van der Waals surface area contributed by atoms with Crippen LogP contribution in [0.3, 0.4) is 0 Å². The number of rotatable bonds is 4. The molecule has 1 aromatic carbocycles. The topological polar surface area (TPSA) is 89.7 Å². The number of halogens is 3. The Hall–Kier alpha value is -1.50. The predicted octanol–water partition coefficient (Wildman–Crippen LogP) is 2.53. The van der Waals surface area contributed by atoms with Crippen molar-refractivity contribution in [1.29, 1.82) is 0 Å².